The number of aromatic hydroxyl groups is 1. The molecule has 1 aliphatic heterocycles. The summed E-state index contributed by atoms with van der Waals surface area (Å²) >= 11 is 0. The van der Waals surface area contributed by atoms with Crippen molar-refractivity contribution in [3.63, 3.8) is 0 Å². The van der Waals surface area contributed by atoms with Crippen molar-refractivity contribution in [1.82, 2.24) is 0 Å². The number of cyclic esters (lactones) is 1. The molecule has 0 aromatic heterocycles. The van der Waals surface area contributed by atoms with Crippen LogP contribution in [0.5, 0.6) is 5.75 Å². The Balaban J connectivity index is 2.66. The maximum atomic E-state index is 11.6. The minimum absolute atomic E-state index is 0.190. The van der Waals surface area contributed by atoms with Crippen LogP contribution in [-0.2, 0) is 20.4 Å². The topological polar surface area (TPSA) is 46.5 Å². The molecule has 0 saturated heterocycles. The third-order valence-corrected chi connectivity index (χ3v) is 3.73. The normalized spacial score (nSPS) is 17.2. The lowest BCUT2D eigenvalue weighted by atomic mass is 9.78. The van der Waals surface area contributed by atoms with Crippen molar-refractivity contribution in [3.8, 4) is 5.75 Å². The first-order chi connectivity index (χ1) is 10.00. The van der Waals surface area contributed by atoms with Gasteiger partial charge in [0.05, 0.1) is 11.8 Å². The van der Waals surface area contributed by atoms with Gasteiger partial charge >= 0.3 is 5.97 Å². The van der Waals surface area contributed by atoms with E-state index in [2.05, 4.69) is 41.5 Å². The fourth-order valence-corrected chi connectivity index (χ4v) is 2.48. The van der Waals surface area contributed by atoms with Gasteiger partial charge in [0.25, 0.3) is 0 Å². The molecule has 0 bridgehead atoms. The summed E-state index contributed by atoms with van der Waals surface area (Å²) in [7, 11) is 0. The second kappa shape index (κ2) is 5.31. The SMILES string of the molecule is CC(C)(C)c1cc(/C=C2/C=COC2=O)cc(C(C)(C)C)c1O. The molecule has 1 aromatic rings. The lowest BCUT2D eigenvalue weighted by molar-refractivity contribution is -0.131. The first-order valence-corrected chi connectivity index (χ1v) is 7.47. The molecule has 22 heavy (non-hydrogen) atoms. The van der Waals surface area contributed by atoms with E-state index in [-0.39, 0.29) is 16.8 Å². The van der Waals surface area contributed by atoms with Gasteiger partial charge in [0.15, 0.2) is 0 Å². The molecule has 0 aliphatic carbocycles. The number of phenolic OH excluding ortho intramolecular Hbond substituents is 1. The van der Waals surface area contributed by atoms with Gasteiger partial charge in [-0.25, -0.2) is 4.79 Å². The molecule has 0 unspecified atom stereocenters. The number of carbonyl (C=O) groups is 1. The number of phenols is 1. The second-order valence-corrected chi connectivity index (χ2v) is 7.77. The highest BCUT2D eigenvalue weighted by Gasteiger charge is 2.26. The molecule has 3 heteroatoms. The molecule has 1 aromatic carbocycles. The Hall–Kier alpha value is -2.03. The third kappa shape index (κ3) is 3.24. The van der Waals surface area contributed by atoms with Crippen LogP contribution in [0.4, 0.5) is 0 Å². The molecular formula is C19H24O3. The number of benzene rings is 1. The summed E-state index contributed by atoms with van der Waals surface area (Å²) in [6.45, 7) is 12.4. The maximum Gasteiger partial charge on any atom is 0.343 e. The highest BCUT2D eigenvalue weighted by molar-refractivity contribution is 5.99. The lowest BCUT2D eigenvalue weighted by Crippen LogP contribution is -2.17. The Morgan fingerprint density at radius 2 is 1.50 bits per heavy atom. The summed E-state index contributed by atoms with van der Waals surface area (Å²) in [5.74, 6) is -0.00520. The zero-order valence-corrected chi connectivity index (χ0v) is 14.2. The summed E-state index contributed by atoms with van der Waals surface area (Å²) in [5.41, 5.74) is 2.79. The molecule has 1 heterocycles. The molecule has 3 nitrogen and oxygen atoms in total. The largest absolute Gasteiger partial charge is 0.507 e. The fraction of sp³-hybridized carbons (Fsp3) is 0.421. The van der Waals surface area contributed by atoms with Crippen LogP contribution in [0.2, 0.25) is 0 Å². The highest BCUT2D eigenvalue weighted by atomic mass is 16.5. The van der Waals surface area contributed by atoms with Gasteiger partial charge < -0.3 is 9.84 Å². The van der Waals surface area contributed by atoms with Crippen molar-refractivity contribution in [2.75, 3.05) is 0 Å². The first kappa shape index (κ1) is 16.3. The quantitative estimate of drug-likeness (QED) is 0.616. The van der Waals surface area contributed by atoms with Crippen LogP contribution in [0.1, 0.15) is 58.2 Å². The van der Waals surface area contributed by atoms with E-state index < -0.39 is 0 Å². The number of hydrogen-bond donors (Lipinski definition) is 1. The summed E-state index contributed by atoms with van der Waals surface area (Å²) < 4.78 is 4.82. The number of esters is 1. The Morgan fingerprint density at radius 3 is 1.86 bits per heavy atom. The minimum atomic E-state index is -0.345. The number of hydrogen-bond acceptors (Lipinski definition) is 3. The van der Waals surface area contributed by atoms with E-state index >= 15 is 0 Å². The van der Waals surface area contributed by atoms with Gasteiger partial charge in [-0.05, 0) is 40.7 Å². The summed E-state index contributed by atoms with van der Waals surface area (Å²) in [4.78, 5) is 11.6. The van der Waals surface area contributed by atoms with E-state index in [1.165, 1.54) is 6.26 Å². The zero-order chi connectivity index (χ0) is 16.7. The molecule has 0 amide bonds. The van der Waals surface area contributed by atoms with E-state index in [1.807, 2.05) is 12.1 Å². The van der Waals surface area contributed by atoms with Gasteiger partial charge in [0, 0.05) is 11.1 Å². The molecule has 1 aliphatic rings. The third-order valence-electron chi connectivity index (χ3n) is 3.73. The molecule has 0 atom stereocenters. The zero-order valence-electron chi connectivity index (χ0n) is 14.2. The smallest absolute Gasteiger partial charge is 0.343 e. The van der Waals surface area contributed by atoms with Crippen LogP contribution in [0.3, 0.4) is 0 Å². The fourth-order valence-electron chi connectivity index (χ4n) is 2.48. The van der Waals surface area contributed by atoms with Crippen molar-refractivity contribution in [1.29, 1.82) is 0 Å². The van der Waals surface area contributed by atoms with Crippen LogP contribution < -0.4 is 0 Å². The van der Waals surface area contributed by atoms with Crippen molar-refractivity contribution >= 4 is 12.0 Å². The summed E-state index contributed by atoms with van der Waals surface area (Å²) in [5, 5.41) is 10.7. The average molecular weight is 300 g/mol. The van der Waals surface area contributed by atoms with Crippen LogP contribution in [-0.4, -0.2) is 11.1 Å². The molecule has 1 N–H and O–H groups in total. The van der Waals surface area contributed by atoms with E-state index in [4.69, 9.17) is 4.74 Å². The minimum Gasteiger partial charge on any atom is -0.507 e. The monoisotopic (exact) mass is 300 g/mol. The van der Waals surface area contributed by atoms with Gasteiger partial charge in [-0.15, -0.1) is 0 Å². The highest BCUT2D eigenvalue weighted by Crippen LogP contribution is 2.40. The van der Waals surface area contributed by atoms with Gasteiger partial charge in [-0.3, -0.25) is 0 Å². The van der Waals surface area contributed by atoms with Gasteiger partial charge in [0.1, 0.15) is 5.75 Å². The van der Waals surface area contributed by atoms with Crippen molar-refractivity contribution < 1.29 is 14.6 Å². The Labute approximate surface area is 132 Å². The molecule has 0 fully saturated rings. The van der Waals surface area contributed by atoms with Crippen LogP contribution >= 0.6 is 0 Å². The number of rotatable bonds is 1. The maximum absolute atomic E-state index is 11.6. The van der Waals surface area contributed by atoms with Crippen LogP contribution in [0, 0.1) is 0 Å². The Kier molecular flexibility index (Phi) is 3.94. The predicted molar refractivity (Wildman–Crippen MR) is 88.7 cm³/mol. The van der Waals surface area contributed by atoms with Crippen molar-refractivity contribution in [2.24, 2.45) is 0 Å². The van der Waals surface area contributed by atoms with E-state index in [1.54, 1.807) is 12.2 Å². The summed E-state index contributed by atoms with van der Waals surface area (Å²) in [6, 6.07) is 3.88. The van der Waals surface area contributed by atoms with Crippen LogP contribution in [0.25, 0.3) is 6.08 Å². The van der Waals surface area contributed by atoms with Crippen LogP contribution in [0.15, 0.2) is 30.0 Å². The Bertz CT molecular complexity index is 630. The second-order valence-electron chi connectivity index (χ2n) is 7.77. The molecule has 118 valence electrons. The summed E-state index contributed by atoms with van der Waals surface area (Å²) in [6.07, 6.45) is 4.85. The first-order valence-electron chi connectivity index (χ1n) is 7.47. The van der Waals surface area contributed by atoms with Gasteiger partial charge in [-0.2, -0.15) is 0 Å². The standard InChI is InChI=1S/C19H24O3/c1-18(2,3)14-10-12(9-13-7-8-22-17(13)21)11-15(16(14)20)19(4,5)6/h7-11,20H,1-6H3/b13-9-. The van der Waals surface area contributed by atoms with Gasteiger partial charge in [0.2, 0.25) is 0 Å². The molecular weight excluding hydrogens is 276 g/mol. The van der Waals surface area contributed by atoms with E-state index in [9.17, 15) is 9.90 Å². The molecule has 0 radical (unpaired) electrons. The average Bonchev–Trinajstić information content (AvgIpc) is 2.74. The van der Waals surface area contributed by atoms with E-state index in [0.29, 0.717) is 11.3 Å². The molecule has 0 spiro atoms. The number of carbonyl (C=O) groups excluding carboxylic acids is 1. The van der Waals surface area contributed by atoms with Gasteiger partial charge in [-0.1, -0.05) is 41.5 Å². The lowest BCUT2D eigenvalue weighted by Gasteiger charge is -2.28. The Morgan fingerprint density at radius 1 is 1.00 bits per heavy atom. The number of ether oxygens (including phenoxy) is 1. The van der Waals surface area contributed by atoms with Crippen molar-refractivity contribution in [2.45, 2.75) is 52.4 Å². The van der Waals surface area contributed by atoms with E-state index in [0.717, 1.165) is 16.7 Å². The van der Waals surface area contributed by atoms with Crippen molar-refractivity contribution in [3.05, 3.63) is 46.7 Å². The molecule has 2 rings (SSSR count). The molecule has 0 saturated carbocycles. The predicted octanol–water partition coefficient (Wildman–Crippen LogP) is 4.44.